The lowest BCUT2D eigenvalue weighted by molar-refractivity contribution is 0.0942. The fourth-order valence-corrected chi connectivity index (χ4v) is 2.13. The van der Waals surface area contributed by atoms with E-state index < -0.39 is 0 Å². The van der Waals surface area contributed by atoms with Gasteiger partial charge in [-0.25, -0.2) is 4.98 Å². The zero-order valence-corrected chi connectivity index (χ0v) is 12.9. The summed E-state index contributed by atoms with van der Waals surface area (Å²) in [6, 6.07) is 1.88. The van der Waals surface area contributed by atoms with Crippen molar-refractivity contribution in [1.82, 2.24) is 25.1 Å². The fraction of sp³-hybridized carbons (Fsp3) is 0.533. The number of aryl methyl sites for hydroxylation is 2. The number of nitrogens with one attached hydrogen (secondary N) is 2. The van der Waals surface area contributed by atoms with Gasteiger partial charge in [-0.15, -0.1) is 0 Å². The smallest absolute Gasteiger partial charge is 0.269 e. The number of carbonyl (C=O) groups is 1. The molecule has 0 radical (unpaired) electrons. The van der Waals surface area contributed by atoms with E-state index in [1.54, 1.807) is 17.1 Å². The number of aromatic amines is 1. The third-order valence-electron chi connectivity index (χ3n) is 3.35. The first-order valence-corrected chi connectivity index (χ1v) is 7.46. The Morgan fingerprint density at radius 3 is 2.90 bits per heavy atom. The highest BCUT2D eigenvalue weighted by molar-refractivity contribution is 5.92. The number of hydrogen-bond donors (Lipinski definition) is 2. The van der Waals surface area contributed by atoms with E-state index in [1.807, 2.05) is 13.0 Å². The predicted octanol–water partition coefficient (Wildman–Crippen LogP) is 2.11. The first-order valence-electron chi connectivity index (χ1n) is 7.46. The number of amides is 1. The van der Waals surface area contributed by atoms with Gasteiger partial charge in [0.05, 0.1) is 5.69 Å². The highest BCUT2D eigenvalue weighted by atomic mass is 16.2. The maximum absolute atomic E-state index is 12.2. The molecule has 0 unspecified atom stereocenters. The third kappa shape index (κ3) is 3.93. The Morgan fingerprint density at radius 1 is 1.48 bits per heavy atom. The van der Waals surface area contributed by atoms with E-state index in [9.17, 15) is 4.79 Å². The summed E-state index contributed by atoms with van der Waals surface area (Å²) in [7, 11) is 0. The Labute approximate surface area is 125 Å². The first kappa shape index (κ1) is 15.3. The van der Waals surface area contributed by atoms with Gasteiger partial charge in [-0.3, -0.25) is 9.48 Å². The zero-order chi connectivity index (χ0) is 15.2. The molecule has 2 rings (SSSR count). The van der Waals surface area contributed by atoms with Gasteiger partial charge in [0.15, 0.2) is 0 Å². The molecule has 2 aromatic rings. The average Bonchev–Trinajstić information content (AvgIpc) is 3.12. The highest BCUT2D eigenvalue weighted by Crippen LogP contribution is 2.14. The van der Waals surface area contributed by atoms with Gasteiger partial charge in [-0.05, 0) is 25.3 Å². The Morgan fingerprint density at radius 2 is 2.29 bits per heavy atom. The minimum Gasteiger partial charge on any atom is -0.351 e. The van der Waals surface area contributed by atoms with Crippen LogP contribution in [0.5, 0.6) is 0 Å². The minimum atomic E-state index is -0.0595. The standard InChI is InChI=1S/C15H23N5O/c1-4-20-13(10-12(19-20)11(2)3)15(21)18-7-5-6-14-16-8-9-17-14/h8-11H,4-7H2,1-3H3,(H,16,17)(H,18,21). The van der Waals surface area contributed by atoms with Crippen LogP contribution in [0.2, 0.25) is 0 Å². The Kier molecular flexibility index (Phi) is 5.14. The van der Waals surface area contributed by atoms with Crippen molar-refractivity contribution in [2.24, 2.45) is 0 Å². The molecule has 0 aliphatic heterocycles. The number of hydrogen-bond acceptors (Lipinski definition) is 3. The quantitative estimate of drug-likeness (QED) is 0.767. The highest BCUT2D eigenvalue weighted by Gasteiger charge is 2.15. The molecule has 2 heterocycles. The second-order valence-corrected chi connectivity index (χ2v) is 5.32. The maximum Gasteiger partial charge on any atom is 0.269 e. The molecule has 1 amide bonds. The SMILES string of the molecule is CCn1nc(C(C)C)cc1C(=O)NCCCc1ncc[nH]1. The molecule has 0 atom stereocenters. The van der Waals surface area contributed by atoms with Crippen LogP contribution < -0.4 is 5.32 Å². The van der Waals surface area contributed by atoms with Gasteiger partial charge in [0.25, 0.3) is 5.91 Å². The van der Waals surface area contributed by atoms with Crippen molar-refractivity contribution in [3.8, 4) is 0 Å². The van der Waals surface area contributed by atoms with Crippen molar-refractivity contribution in [2.45, 2.75) is 46.1 Å². The van der Waals surface area contributed by atoms with E-state index in [0.717, 1.165) is 24.4 Å². The summed E-state index contributed by atoms with van der Waals surface area (Å²) in [6.45, 7) is 7.47. The molecule has 0 bridgehead atoms. The molecular weight excluding hydrogens is 266 g/mol. The zero-order valence-electron chi connectivity index (χ0n) is 12.9. The molecule has 0 saturated carbocycles. The van der Waals surface area contributed by atoms with Gasteiger partial charge in [-0.2, -0.15) is 5.10 Å². The molecule has 6 nitrogen and oxygen atoms in total. The van der Waals surface area contributed by atoms with Crippen molar-refractivity contribution < 1.29 is 4.79 Å². The Balaban J connectivity index is 1.87. The second kappa shape index (κ2) is 7.06. The molecule has 0 aliphatic rings. The van der Waals surface area contributed by atoms with Crippen LogP contribution in [0.15, 0.2) is 18.5 Å². The van der Waals surface area contributed by atoms with Crippen molar-refractivity contribution in [3.05, 3.63) is 35.7 Å². The van der Waals surface area contributed by atoms with E-state index in [0.29, 0.717) is 24.7 Å². The Hall–Kier alpha value is -2.11. The van der Waals surface area contributed by atoms with Crippen LogP contribution in [-0.4, -0.2) is 32.2 Å². The van der Waals surface area contributed by atoms with Crippen LogP contribution in [0.4, 0.5) is 0 Å². The van der Waals surface area contributed by atoms with Crippen molar-refractivity contribution >= 4 is 5.91 Å². The summed E-state index contributed by atoms with van der Waals surface area (Å²) in [6.07, 6.45) is 5.23. The molecule has 0 aliphatic carbocycles. The van der Waals surface area contributed by atoms with E-state index in [-0.39, 0.29) is 5.91 Å². The summed E-state index contributed by atoms with van der Waals surface area (Å²) < 4.78 is 1.76. The van der Waals surface area contributed by atoms with Crippen molar-refractivity contribution in [2.75, 3.05) is 6.54 Å². The van der Waals surface area contributed by atoms with Gasteiger partial charge in [0.2, 0.25) is 0 Å². The number of rotatable bonds is 7. The van der Waals surface area contributed by atoms with Gasteiger partial charge in [0.1, 0.15) is 11.5 Å². The van der Waals surface area contributed by atoms with E-state index >= 15 is 0 Å². The van der Waals surface area contributed by atoms with Gasteiger partial charge >= 0.3 is 0 Å². The third-order valence-corrected chi connectivity index (χ3v) is 3.35. The summed E-state index contributed by atoms with van der Waals surface area (Å²) in [4.78, 5) is 19.4. The lowest BCUT2D eigenvalue weighted by Crippen LogP contribution is -2.27. The molecule has 6 heteroatoms. The number of aromatic nitrogens is 4. The molecule has 0 aromatic carbocycles. The summed E-state index contributed by atoms with van der Waals surface area (Å²) >= 11 is 0. The number of carbonyl (C=O) groups excluding carboxylic acids is 1. The Bertz CT molecular complexity index is 571. The van der Waals surface area contributed by atoms with Crippen LogP contribution >= 0.6 is 0 Å². The van der Waals surface area contributed by atoms with Gasteiger partial charge in [0, 0.05) is 31.9 Å². The molecular formula is C15H23N5O. The number of nitrogens with zero attached hydrogens (tertiary/aromatic N) is 3. The van der Waals surface area contributed by atoms with Crippen LogP contribution in [-0.2, 0) is 13.0 Å². The van der Waals surface area contributed by atoms with Gasteiger partial charge in [-0.1, -0.05) is 13.8 Å². The molecule has 114 valence electrons. The van der Waals surface area contributed by atoms with Crippen LogP contribution in [0.25, 0.3) is 0 Å². The molecule has 0 saturated heterocycles. The normalized spacial score (nSPS) is 11.0. The molecule has 2 aromatic heterocycles. The predicted molar refractivity (Wildman–Crippen MR) is 81.2 cm³/mol. The van der Waals surface area contributed by atoms with Crippen molar-refractivity contribution in [3.63, 3.8) is 0 Å². The van der Waals surface area contributed by atoms with Crippen LogP contribution in [0.3, 0.4) is 0 Å². The summed E-state index contributed by atoms with van der Waals surface area (Å²) in [5.41, 5.74) is 1.59. The van der Waals surface area contributed by atoms with E-state index in [1.165, 1.54) is 0 Å². The summed E-state index contributed by atoms with van der Waals surface area (Å²) in [5.74, 6) is 1.21. The van der Waals surface area contributed by atoms with Crippen LogP contribution in [0.1, 0.15) is 55.1 Å². The van der Waals surface area contributed by atoms with Crippen molar-refractivity contribution in [1.29, 1.82) is 0 Å². The second-order valence-electron chi connectivity index (χ2n) is 5.32. The number of H-pyrrole nitrogens is 1. The summed E-state index contributed by atoms with van der Waals surface area (Å²) in [5, 5.41) is 7.41. The average molecular weight is 289 g/mol. The number of imidazole rings is 1. The molecule has 0 spiro atoms. The first-order chi connectivity index (χ1) is 10.1. The lowest BCUT2D eigenvalue weighted by Gasteiger charge is -2.06. The topological polar surface area (TPSA) is 75.6 Å². The van der Waals surface area contributed by atoms with E-state index in [2.05, 4.69) is 34.2 Å². The maximum atomic E-state index is 12.2. The minimum absolute atomic E-state index is 0.0595. The van der Waals surface area contributed by atoms with Crippen LogP contribution in [0, 0.1) is 0 Å². The molecule has 2 N–H and O–H groups in total. The lowest BCUT2D eigenvalue weighted by atomic mass is 10.1. The molecule has 0 fully saturated rings. The fourth-order valence-electron chi connectivity index (χ4n) is 2.13. The van der Waals surface area contributed by atoms with E-state index in [4.69, 9.17) is 0 Å². The molecule has 21 heavy (non-hydrogen) atoms. The van der Waals surface area contributed by atoms with Gasteiger partial charge < -0.3 is 10.3 Å². The largest absolute Gasteiger partial charge is 0.351 e. The monoisotopic (exact) mass is 289 g/mol.